The molecule has 2 amide bonds. The maximum absolute atomic E-state index is 13.4. The summed E-state index contributed by atoms with van der Waals surface area (Å²) < 4.78 is 5.26. The first-order chi connectivity index (χ1) is 15.0. The molecule has 31 heavy (non-hydrogen) atoms. The molecule has 3 rings (SSSR count). The molecule has 0 bridgehead atoms. The van der Waals surface area contributed by atoms with E-state index in [2.05, 4.69) is 34.7 Å². The predicted molar refractivity (Wildman–Crippen MR) is 124 cm³/mol. The summed E-state index contributed by atoms with van der Waals surface area (Å²) in [5.74, 6) is 1.12. The van der Waals surface area contributed by atoms with Crippen LogP contribution in [0.4, 0.5) is 0 Å². The molecule has 0 saturated carbocycles. The minimum Gasteiger partial charge on any atom is -0.497 e. The Hall–Kier alpha value is -2.38. The molecule has 1 atom stereocenters. The highest BCUT2D eigenvalue weighted by molar-refractivity contribution is 7.09. The standard InChI is InChI=1S/C24H33N3O3S/c1-18(15-22-5-4-14-31-22)27(16-19-6-8-21(30-3)9-7-19)23(28)17-26-12-10-20(11-13-26)24(29)25-2/h4-9,14,18,20H,10-13,15-17H2,1-3H3,(H,25,29). The summed E-state index contributed by atoms with van der Waals surface area (Å²) in [5.41, 5.74) is 1.09. The number of benzene rings is 1. The summed E-state index contributed by atoms with van der Waals surface area (Å²) in [6.45, 7) is 4.65. The molecule has 0 aliphatic carbocycles. The van der Waals surface area contributed by atoms with Crippen LogP contribution >= 0.6 is 11.3 Å². The summed E-state index contributed by atoms with van der Waals surface area (Å²) in [5, 5.41) is 4.82. The van der Waals surface area contributed by atoms with Crippen LogP contribution in [0.25, 0.3) is 0 Å². The van der Waals surface area contributed by atoms with Crippen molar-refractivity contribution in [2.24, 2.45) is 5.92 Å². The van der Waals surface area contributed by atoms with Crippen LogP contribution in [-0.2, 0) is 22.6 Å². The van der Waals surface area contributed by atoms with Gasteiger partial charge in [-0.3, -0.25) is 14.5 Å². The normalized spacial score (nSPS) is 16.0. The largest absolute Gasteiger partial charge is 0.497 e. The third-order valence-corrected chi connectivity index (χ3v) is 6.90. The van der Waals surface area contributed by atoms with E-state index >= 15 is 0 Å². The number of ether oxygens (including phenoxy) is 1. The minimum absolute atomic E-state index is 0.0597. The Morgan fingerprint density at radius 2 is 1.94 bits per heavy atom. The molecular weight excluding hydrogens is 410 g/mol. The third-order valence-electron chi connectivity index (χ3n) is 6.00. The average Bonchev–Trinajstić information content (AvgIpc) is 3.30. The molecule has 1 aliphatic heterocycles. The molecule has 1 fully saturated rings. The van der Waals surface area contributed by atoms with Crippen molar-refractivity contribution in [3.63, 3.8) is 0 Å². The summed E-state index contributed by atoms with van der Waals surface area (Å²) in [6, 6.07) is 12.2. The van der Waals surface area contributed by atoms with Crippen LogP contribution in [0, 0.1) is 5.92 Å². The number of likely N-dealkylation sites (tertiary alicyclic amines) is 1. The lowest BCUT2D eigenvalue weighted by Gasteiger charge is -2.34. The van der Waals surface area contributed by atoms with Crippen molar-refractivity contribution in [1.82, 2.24) is 15.1 Å². The monoisotopic (exact) mass is 443 g/mol. The van der Waals surface area contributed by atoms with Gasteiger partial charge in [0.25, 0.3) is 0 Å². The van der Waals surface area contributed by atoms with Crippen LogP contribution in [0.5, 0.6) is 5.75 Å². The predicted octanol–water partition coefficient (Wildman–Crippen LogP) is 3.17. The first kappa shape index (κ1) is 23.3. The van der Waals surface area contributed by atoms with Crippen LogP contribution in [0.2, 0.25) is 0 Å². The Morgan fingerprint density at radius 3 is 2.52 bits per heavy atom. The van der Waals surface area contributed by atoms with Gasteiger partial charge in [-0.15, -0.1) is 11.3 Å². The van der Waals surface area contributed by atoms with Gasteiger partial charge in [0, 0.05) is 36.9 Å². The lowest BCUT2D eigenvalue weighted by Crippen LogP contribution is -2.47. The van der Waals surface area contributed by atoms with E-state index in [1.54, 1.807) is 25.5 Å². The Kier molecular flexibility index (Phi) is 8.49. The first-order valence-electron chi connectivity index (χ1n) is 10.9. The van der Waals surface area contributed by atoms with E-state index in [-0.39, 0.29) is 23.8 Å². The smallest absolute Gasteiger partial charge is 0.237 e. The Labute approximate surface area is 189 Å². The molecule has 1 aliphatic rings. The Balaban J connectivity index is 1.65. The number of nitrogens with zero attached hydrogens (tertiary/aromatic N) is 2. The number of piperidine rings is 1. The lowest BCUT2D eigenvalue weighted by atomic mass is 9.96. The first-order valence-corrected chi connectivity index (χ1v) is 11.8. The number of hydrogen-bond acceptors (Lipinski definition) is 5. The van der Waals surface area contributed by atoms with Crippen molar-refractivity contribution in [3.05, 3.63) is 52.2 Å². The summed E-state index contributed by atoms with van der Waals surface area (Å²) in [6.07, 6.45) is 2.45. The highest BCUT2D eigenvalue weighted by Crippen LogP contribution is 2.21. The fourth-order valence-corrected chi connectivity index (χ4v) is 4.91. The average molecular weight is 444 g/mol. The second-order valence-corrected chi connectivity index (χ2v) is 9.20. The van der Waals surface area contributed by atoms with Crippen molar-refractivity contribution >= 4 is 23.2 Å². The number of hydrogen-bond donors (Lipinski definition) is 1. The number of methoxy groups -OCH3 is 1. The molecule has 168 valence electrons. The van der Waals surface area contributed by atoms with E-state index in [1.165, 1.54) is 4.88 Å². The highest BCUT2D eigenvalue weighted by atomic mass is 32.1. The third kappa shape index (κ3) is 6.55. The number of amides is 2. The summed E-state index contributed by atoms with van der Waals surface area (Å²) in [7, 11) is 3.34. The fourth-order valence-electron chi connectivity index (χ4n) is 4.09. The van der Waals surface area contributed by atoms with Gasteiger partial charge in [-0.25, -0.2) is 0 Å². The minimum atomic E-state index is 0.0597. The molecular formula is C24H33N3O3S. The molecule has 1 unspecified atom stereocenters. The van der Waals surface area contributed by atoms with Crippen molar-refractivity contribution in [1.29, 1.82) is 0 Å². The molecule has 6 nitrogen and oxygen atoms in total. The number of carbonyl (C=O) groups is 2. The molecule has 2 aromatic rings. The Morgan fingerprint density at radius 1 is 1.23 bits per heavy atom. The quantitative estimate of drug-likeness (QED) is 0.647. The zero-order valence-electron chi connectivity index (χ0n) is 18.7. The highest BCUT2D eigenvalue weighted by Gasteiger charge is 2.28. The van der Waals surface area contributed by atoms with Gasteiger partial charge in [0.1, 0.15) is 5.75 Å². The van der Waals surface area contributed by atoms with Gasteiger partial charge < -0.3 is 15.0 Å². The van der Waals surface area contributed by atoms with Gasteiger partial charge >= 0.3 is 0 Å². The lowest BCUT2D eigenvalue weighted by molar-refractivity contribution is -0.135. The SMILES string of the molecule is CNC(=O)C1CCN(CC(=O)N(Cc2ccc(OC)cc2)C(C)Cc2cccs2)CC1. The van der Waals surface area contributed by atoms with Gasteiger partial charge in [-0.1, -0.05) is 18.2 Å². The van der Waals surface area contributed by atoms with E-state index in [9.17, 15) is 9.59 Å². The molecule has 1 aromatic carbocycles. The van der Waals surface area contributed by atoms with Crippen molar-refractivity contribution in [3.8, 4) is 5.75 Å². The van der Waals surface area contributed by atoms with E-state index in [0.29, 0.717) is 13.1 Å². The number of nitrogens with one attached hydrogen (secondary N) is 1. The number of thiophene rings is 1. The second kappa shape index (κ2) is 11.3. The molecule has 2 heterocycles. The van der Waals surface area contributed by atoms with Crippen LogP contribution in [-0.4, -0.2) is 61.4 Å². The van der Waals surface area contributed by atoms with Crippen molar-refractivity contribution in [2.75, 3.05) is 33.8 Å². The zero-order chi connectivity index (χ0) is 22.2. The fraction of sp³-hybridized carbons (Fsp3) is 0.500. The van der Waals surface area contributed by atoms with Crippen molar-refractivity contribution in [2.45, 2.75) is 38.8 Å². The Bertz CT molecular complexity index is 830. The summed E-state index contributed by atoms with van der Waals surface area (Å²) >= 11 is 1.73. The molecule has 0 spiro atoms. The molecule has 1 aromatic heterocycles. The molecule has 0 radical (unpaired) electrons. The molecule has 7 heteroatoms. The van der Waals surface area contributed by atoms with Crippen molar-refractivity contribution < 1.29 is 14.3 Å². The molecule has 1 saturated heterocycles. The van der Waals surface area contributed by atoms with Gasteiger partial charge in [-0.05, 0) is 62.0 Å². The molecule has 1 N–H and O–H groups in total. The van der Waals surface area contributed by atoms with Gasteiger partial charge in [0.15, 0.2) is 0 Å². The second-order valence-electron chi connectivity index (χ2n) is 8.17. The summed E-state index contributed by atoms with van der Waals surface area (Å²) in [4.78, 5) is 30.7. The zero-order valence-corrected chi connectivity index (χ0v) is 19.5. The number of carbonyl (C=O) groups excluding carboxylic acids is 2. The van der Waals surface area contributed by atoms with Crippen LogP contribution in [0.15, 0.2) is 41.8 Å². The van der Waals surface area contributed by atoms with Crippen LogP contribution in [0.3, 0.4) is 0 Å². The number of rotatable bonds is 9. The van der Waals surface area contributed by atoms with E-state index in [4.69, 9.17) is 4.74 Å². The maximum Gasteiger partial charge on any atom is 0.237 e. The van der Waals surface area contributed by atoms with E-state index < -0.39 is 0 Å². The van der Waals surface area contributed by atoms with E-state index in [1.807, 2.05) is 29.2 Å². The van der Waals surface area contributed by atoms with E-state index in [0.717, 1.165) is 43.7 Å². The maximum atomic E-state index is 13.4. The van der Waals surface area contributed by atoms with Gasteiger partial charge in [0.2, 0.25) is 11.8 Å². The van der Waals surface area contributed by atoms with Crippen LogP contribution in [0.1, 0.15) is 30.2 Å². The topological polar surface area (TPSA) is 61.9 Å². The van der Waals surface area contributed by atoms with Gasteiger partial charge in [0.05, 0.1) is 13.7 Å². The van der Waals surface area contributed by atoms with Gasteiger partial charge in [-0.2, -0.15) is 0 Å². The van der Waals surface area contributed by atoms with Crippen LogP contribution < -0.4 is 10.1 Å².